The van der Waals surface area contributed by atoms with Crippen molar-refractivity contribution in [1.82, 2.24) is 4.90 Å². The highest BCUT2D eigenvalue weighted by atomic mass is 79.9. The predicted molar refractivity (Wildman–Crippen MR) is 89.6 cm³/mol. The number of rotatable bonds is 6. The van der Waals surface area contributed by atoms with Crippen LogP contribution < -0.4 is 5.32 Å². The normalized spacial score (nSPS) is 10.3. The maximum Gasteiger partial charge on any atom is 0.323 e. The monoisotopic (exact) mass is 486 g/mol. The number of carbonyl (C=O) groups is 2. The van der Waals surface area contributed by atoms with Gasteiger partial charge in [0.05, 0.1) is 12.3 Å². The number of hydrogen-bond acceptors (Lipinski definition) is 3. The molecule has 6 nitrogen and oxygen atoms in total. The number of urea groups is 1. The van der Waals surface area contributed by atoms with Crippen molar-refractivity contribution < 1.29 is 19.4 Å². The zero-order chi connectivity index (χ0) is 16.0. The third-order valence-corrected chi connectivity index (χ3v) is 4.13. The molecule has 0 aliphatic carbocycles. The smallest absolute Gasteiger partial charge is 0.323 e. The Hall–Kier alpha value is -0.640. The van der Waals surface area contributed by atoms with Gasteiger partial charge in [0.25, 0.3) is 0 Å². The molecule has 0 atom stereocenters. The molecule has 0 heterocycles. The van der Waals surface area contributed by atoms with Gasteiger partial charge in [-0.05, 0) is 44.0 Å². The first-order valence-electron chi connectivity index (χ1n) is 5.76. The van der Waals surface area contributed by atoms with Crippen molar-refractivity contribution in [3.05, 3.63) is 25.6 Å². The molecule has 2 N–H and O–H groups in total. The summed E-state index contributed by atoms with van der Waals surface area (Å²) in [4.78, 5) is 24.2. The van der Waals surface area contributed by atoms with Gasteiger partial charge in [-0.3, -0.25) is 4.79 Å². The average Bonchev–Trinajstić information content (AvgIpc) is 2.38. The quantitative estimate of drug-likeness (QED) is 0.642. The van der Waals surface area contributed by atoms with E-state index in [1.54, 1.807) is 12.1 Å². The summed E-state index contributed by atoms with van der Waals surface area (Å²) in [7, 11) is 1.48. The molecule has 0 saturated carbocycles. The van der Waals surface area contributed by atoms with E-state index < -0.39 is 18.5 Å². The highest BCUT2D eigenvalue weighted by molar-refractivity contribution is 9.11. The fourth-order valence-electron chi connectivity index (χ4n) is 1.46. The molecule has 0 aliphatic rings. The number of methoxy groups -OCH3 is 1. The standard InChI is InChI=1S/C12H13Br3N2O4/c1-21-3-2-17(6-10(18)19)12(20)16-11-8(14)4-7(13)5-9(11)15/h4-5H,2-3,6H2,1H3,(H,16,20)(H,18,19). The Labute approximate surface area is 147 Å². The molecule has 0 spiro atoms. The summed E-state index contributed by atoms with van der Waals surface area (Å²) < 4.78 is 7.04. The second-order valence-corrected chi connectivity index (χ2v) is 6.61. The van der Waals surface area contributed by atoms with Gasteiger partial charge >= 0.3 is 12.0 Å². The van der Waals surface area contributed by atoms with Crippen molar-refractivity contribution in [3.8, 4) is 0 Å². The fraction of sp³-hybridized carbons (Fsp3) is 0.333. The maximum atomic E-state index is 12.2. The Morgan fingerprint density at radius 2 is 1.86 bits per heavy atom. The topological polar surface area (TPSA) is 78.9 Å². The number of nitrogens with zero attached hydrogens (tertiary/aromatic N) is 1. The molecule has 0 fully saturated rings. The number of carboxylic acids is 1. The van der Waals surface area contributed by atoms with Crippen molar-refractivity contribution in [3.63, 3.8) is 0 Å². The van der Waals surface area contributed by atoms with Crippen LogP contribution in [0, 0.1) is 0 Å². The maximum absolute atomic E-state index is 12.2. The fourth-order valence-corrected chi connectivity index (χ4v) is 3.92. The van der Waals surface area contributed by atoms with Crippen LogP contribution in [0.3, 0.4) is 0 Å². The molecule has 1 rings (SSSR count). The van der Waals surface area contributed by atoms with Gasteiger partial charge in [0, 0.05) is 27.1 Å². The Morgan fingerprint density at radius 1 is 1.29 bits per heavy atom. The lowest BCUT2D eigenvalue weighted by Crippen LogP contribution is -2.40. The lowest BCUT2D eigenvalue weighted by Gasteiger charge is -2.21. The first kappa shape index (κ1) is 18.4. The van der Waals surface area contributed by atoms with Gasteiger partial charge in [-0.25, -0.2) is 4.79 Å². The van der Waals surface area contributed by atoms with Crippen LogP contribution in [0.25, 0.3) is 0 Å². The summed E-state index contributed by atoms with van der Waals surface area (Å²) in [5, 5.41) is 11.5. The number of benzene rings is 1. The molecule has 9 heteroatoms. The molecule has 1 aromatic carbocycles. The summed E-state index contributed by atoms with van der Waals surface area (Å²) in [6.45, 7) is 0.0325. The largest absolute Gasteiger partial charge is 0.480 e. The van der Waals surface area contributed by atoms with Crippen LogP contribution in [0.4, 0.5) is 10.5 Å². The molecule has 116 valence electrons. The zero-order valence-corrected chi connectivity index (χ0v) is 15.8. The van der Waals surface area contributed by atoms with E-state index >= 15 is 0 Å². The van der Waals surface area contributed by atoms with Crippen molar-refractivity contribution >= 4 is 65.5 Å². The van der Waals surface area contributed by atoms with Crippen LogP contribution in [0.15, 0.2) is 25.6 Å². The van der Waals surface area contributed by atoms with Gasteiger partial charge in [-0.2, -0.15) is 0 Å². The molecular weight excluding hydrogens is 476 g/mol. The molecular formula is C12H13Br3N2O4. The number of carbonyl (C=O) groups excluding carboxylic acids is 1. The van der Waals surface area contributed by atoms with Crippen molar-refractivity contribution in [2.24, 2.45) is 0 Å². The van der Waals surface area contributed by atoms with E-state index in [4.69, 9.17) is 9.84 Å². The lowest BCUT2D eigenvalue weighted by molar-refractivity contribution is -0.137. The first-order valence-corrected chi connectivity index (χ1v) is 8.14. The number of ether oxygens (including phenoxy) is 1. The Kier molecular flexibility index (Phi) is 7.64. The molecule has 0 bridgehead atoms. The molecule has 21 heavy (non-hydrogen) atoms. The third-order valence-electron chi connectivity index (χ3n) is 2.42. The molecule has 0 unspecified atom stereocenters. The number of anilines is 1. The molecule has 1 aromatic rings. The third kappa shape index (κ3) is 5.93. The minimum atomic E-state index is -1.09. The van der Waals surface area contributed by atoms with Crippen molar-refractivity contribution in [2.75, 3.05) is 32.1 Å². The number of nitrogens with one attached hydrogen (secondary N) is 1. The minimum Gasteiger partial charge on any atom is -0.480 e. The van der Waals surface area contributed by atoms with Gasteiger partial charge in [0.15, 0.2) is 0 Å². The summed E-state index contributed by atoms with van der Waals surface area (Å²) in [5.74, 6) is -1.09. The van der Waals surface area contributed by atoms with Crippen LogP contribution in [0.5, 0.6) is 0 Å². The van der Waals surface area contributed by atoms with Gasteiger partial charge in [0.2, 0.25) is 0 Å². The average molecular weight is 489 g/mol. The van der Waals surface area contributed by atoms with E-state index in [0.717, 1.165) is 9.37 Å². The Balaban J connectivity index is 2.88. The van der Waals surface area contributed by atoms with Crippen LogP contribution >= 0.6 is 47.8 Å². The molecule has 0 saturated heterocycles. The van der Waals surface area contributed by atoms with E-state index in [1.165, 1.54) is 7.11 Å². The molecule has 0 aromatic heterocycles. The van der Waals surface area contributed by atoms with E-state index in [0.29, 0.717) is 14.6 Å². The van der Waals surface area contributed by atoms with Crippen LogP contribution in [0.2, 0.25) is 0 Å². The van der Waals surface area contributed by atoms with Crippen LogP contribution in [0.1, 0.15) is 0 Å². The Bertz CT molecular complexity index is 516. The molecule has 2 amide bonds. The first-order chi connectivity index (χ1) is 9.85. The van der Waals surface area contributed by atoms with Gasteiger partial charge < -0.3 is 20.1 Å². The molecule has 0 radical (unpaired) electrons. The van der Waals surface area contributed by atoms with Crippen molar-refractivity contribution in [2.45, 2.75) is 0 Å². The number of carboxylic acid groups (broad SMARTS) is 1. The number of amides is 2. The van der Waals surface area contributed by atoms with Gasteiger partial charge in [0.1, 0.15) is 6.54 Å². The zero-order valence-electron chi connectivity index (χ0n) is 11.0. The number of halogens is 3. The van der Waals surface area contributed by atoms with E-state index in [9.17, 15) is 9.59 Å². The van der Waals surface area contributed by atoms with Crippen LogP contribution in [-0.4, -0.2) is 48.8 Å². The van der Waals surface area contributed by atoms with Crippen LogP contribution in [-0.2, 0) is 9.53 Å². The summed E-state index contributed by atoms with van der Waals surface area (Å²) >= 11 is 10.0. The summed E-state index contributed by atoms with van der Waals surface area (Å²) in [6, 6.07) is 3.03. The predicted octanol–water partition coefficient (Wildman–Crippen LogP) is 3.54. The van der Waals surface area contributed by atoms with Gasteiger partial charge in [-0.1, -0.05) is 15.9 Å². The second kappa shape index (κ2) is 8.72. The summed E-state index contributed by atoms with van der Waals surface area (Å²) in [5.41, 5.74) is 0.524. The highest BCUT2D eigenvalue weighted by Gasteiger charge is 2.18. The second-order valence-electron chi connectivity index (χ2n) is 3.98. The summed E-state index contributed by atoms with van der Waals surface area (Å²) in [6.07, 6.45) is 0. The van der Waals surface area contributed by atoms with Crippen molar-refractivity contribution in [1.29, 1.82) is 0 Å². The lowest BCUT2D eigenvalue weighted by atomic mass is 10.3. The molecule has 0 aliphatic heterocycles. The SMILES string of the molecule is COCCN(CC(=O)O)C(=O)Nc1c(Br)cc(Br)cc1Br. The van der Waals surface area contributed by atoms with E-state index in [1.807, 2.05) is 0 Å². The minimum absolute atomic E-state index is 0.181. The van der Waals surface area contributed by atoms with Gasteiger partial charge in [-0.15, -0.1) is 0 Å². The Morgan fingerprint density at radius 3 is 2.33 bits per heavy atom. The van der Waals surface area contributed by atoms with E-state index in [2.05, 4.69) is 53.1 Å². The highest BCUT2D eigenvalue weighted by Crippen LogP contribution is 2.34. The van der Waals surface area contributed by atoms with E-state index in [-0.39, 0.29) is 13.2 Å². The number of aliphatic carboxylic acids is 1. The number of hydrogen-bond donors (Lipinski definition) is 2.